The van der Waals surface area contributed by atoms with Crippen molar-refractivity contribution in [1.82, 2.24) is 9.55 Å². The van der Waals surface area contributed by atoms with Gasteiger partial charge in [-0.2, -0.15) is 13.2 Å². The minimum Gasteiger partial charge on any atom is -0.378 e. The second-order valence-electron chi connectivity index (χ2n) is 7.51. The summed E-state index contributed by atoms with van der Waals surface area (Å²) >= 11 is 0. The first-order chi connectivity index (χ1) is 13.4. The molecule has 3 aliphatic rings. The normalized spacial score (nSPS) is 17.2. The third-order valence-corrected chi connectivity index (χ3v) is 4.76. The van der Waals surface area contributed by atoms with Crippen molar-refractivity contribution in [3.63, 3.8) is 0 Å². The second kappa shape index (κ2) is 5.94. The van der Waals surface area contributed by atoms with E-state index in [1.54, 1.807) is 6.08 Å². The molecule has 3 heterocycles. The van der Waals surface area contributed by atoms with Crippen molar-refractivity contribution in [2.45, 2.75) is 38.1 Å². The number of benzene rings is 1. The average molecular weight is 405 g/mol. The standard InChI is InChI=1S/C20H15F4N3O2/c1-19(2,29)4-3-9-7-13-12(8-14(9)21)10-5-11(6-10)27-16(20(22,23)24)15(17(25)28)26-18(13)27/h5,7-8,11,29H,6H2,1-2H3,(H2,25,28). The first-order valence-corrected chi connectivity index (χ1v) is 8.66. The number of aromatic nitrogens is 2. The zero-order valence-electron chi connectivity index (χ0n) is 15.4. The zero-order valence-corrected chi connectivity index (χ0v) is 15.4. The second-order valence-corrected chi connectivity index (χ2v) is 7.51. The average Bonchev–Trinajstić information content (AvgIpc) is 2.82. The fourth-order valence-electron chi connectivity index (χ4n) is 3.52. The van der Waals surface area contributed by atoms with Gasteiger partial charge in [0, 0.05) is 5.56 Å². The summed E-state index contributed by atoms with van der Waals surface area (Å²) in [6.07, 6.45) is -3.03. The molecule has 1 aromatic carbocycles. The number of nitrogens with zero attached hydrogens (tertiary/aromatic N) is 2. The Labute approximate surface area is 162 Å². The highest BCUT2D eigenvalue weighted by Gasteiger charge is 2.45. The molecule has 1 atom stereocenters. The van der Waals surface area contributed by atoms with Crippen LogP contribution in [0.1, 0.15) is 53.6 Å². The molecule has 0 fully saturated rings. The van der Waals surface area contributed by atoms with Crippen molar-refractivity contribution in [2.75, 3.05) is 0 Å². The van der Waals surface area contributed by atoms with E-state index < -0.39 is 40.9 Å². The fourth-order valence-corrected chi connectivity index (χ4v) is 3.52. The third-order valence-electron chi connectivity index (χ3n) is 4.76. The summed E-state index contributed by atoms with van der Waals surface area (Å²) in [5.41, 5.74) is 2.86. The molecule has 1 aromatic heterocycles. The van der Waals surface area contributed by atoms with Crippen molar-refractivity contribution in [1.29, 1.82) is 0 Å². The highest BCUT2D eigenvalue weighted by atomic mass is 19.4. The van der Waals surface area contributed by atoms with E-state index >= 15 is 0 Å². The highest BCUT2D eigenvalue weighted by molar-refractivity contribution is 5.94. The van der Waals surface area contributed by atoms with E-state index in [2.05, 4.69) is 16.8 Å². The Kier molecular flexibility index (Phi) is 3.93. The number of primary amides is 1. The quantitative estimate of drug-likeness (QED) is 0.565. The van der Waals surface area contributed by atoms with Gasteiger partial charge in [-0.1, -0.05) is 17.9 Å². The molecule has 1 amide bonds. The van der Waals surface area contributed by atoms with Gasteiger partial charge in [0.1, 0.15) is 17.2 Å². The van der Waals surface area contributed by atoms with E-state index in [0.29, 0.717) is 11.1 Å². The lowest BCUT2D eigenvalue weighted by Gasteiger charge is -2.27. The maximum absolute atomic E-state index is 14.6. The number of nitrogens with two attached hydrogens (primary N) is 1. The summed E-state index contributed by atoms with van der Waals surface area (Å²) in [7, 11) is 0. The van der Waals surface area contributed by atoms with Crippen LogP contribution in [0.25, 0.3) is 17.0 Å². The molecular formula is C20H15F4N3O2. The van der Waals surface area contributed by atoms with Crippen LogP contribution in [0.5, 0.6) is 0 Å². The molecule has 0 radical (unpaired) electrons. The van der Waals surface area contributed by atoms with Gasteiger partial charge in [-0.15, -0.1) is 0 Å². The van der Waals surface area contributed by atoms with Gasteiger partial charge in [0.2, 0.25) is 0 Å². The van der Waals surface area contributed by atoms with Gasteiger partial charge < -0.3 is 15.4 Å². The van der Waals surface area contributed by atoms with E-state index in [4.69, 9.17) is 5.73 Å². The first kappa shape index (κ1) is 19.2. The molecule has 2 aliphatic heterocycles. The minimum absolute atomic E-state index is 0.102. The van der Waals surface area contributed by atoms with Gasteiger partial charge in [-0.25, -0.2) is 9.37 Å². The molecule has 150 valence electrons. The summed E-state index contributed by atoms with van der Waals surface area (Å²) in [5, 5.41) is 9.75. The Morgan fingerprint density at radius 1 is 1.31 bits per heavy atom. The van der Waals surface area contributed by atoms with E-state index in [0.717, 1.165) is 4.57 Å². The molecule has 2 bridgehead atoms. The van der Waals surface area contributed by atoms with Gasteiger partial charge >= 0.3 is 6.18 Å². The van der Waals surface area contributed by atoms with E-state index in [1.807, 2.05) is 0 Å². The molecule has 0 spiro atoms. The summed E-state index contributed by atoms with van der Waals surface area (Å²) in [4.78, 5) is 15.5. The van der Waals surface area contributed by atoms with Gasteiger partial charge in [-0.3, -0.25) is 4.79 Å². The minimum atomic E-state index is -4.85. The number of alkyl halides is 3. The Balaban J connectivity index is 2.02. The van der Waals surface area contributed by atoms with Crippen LogP contribution in [-0.2, 0) is 6.18 Å². The Morgan fingerprint density at radius 2 is 1.97 bits per heavy atom. The van der Waals surface area contributed by atoms with E-state index in [-0.39, 0.29) is 23.4 Å². The number of carbonyl (C=O) groups is 1. The lowest BCUT2D eigenvalue weighted by molar-refractivity contribution is -0.144. The van der Waals surface area contributed by atoms with Crippen molar-refractivity contribution >= 4 is 11.5 Å². The van der Waals surface area contributed by atoms with E-state index in [1.165, 1.54) is 26.0 Å². The van der Waals surface area contributed by atoms with E-state index in [9.17, 15) is 27.5 Å². The molecule has 1 aliphatic carbocycles. The summed E-state index contributed by atoms with van der Waals surface area (Å²) < 4.78 is 56.7. The highest BCUT2D eigenvalue weighted by Crippen LogP contribution is 2.50. The Morgan fingerprint density at radius 3 is 2.52 bits per heavy atom. The van der Waals surface area contributed by atoms with Crippen LogP contribution < -0.4 is 5.73 Å². The summed E-state index contributed by atoms with van der Waals surface area (Å²) in [6.45, 7) is 2.84. The van der Waals surface area contributed by atoms with Crippen molar-refractivity contribution in [3.8, 4) is 23.2 Å². The van der Waals surface area contributed by atoms with Gasteiger partial charge in [0.05, 0.1) is 11.6 Å². The van der Waals surface area contributed by atoms with Crippen molar-refractivity contribution < 1.29 is 27.5 Å². The molecular weight excluding hydrogens is 390 g/mol. The van der Waals surface area contributed by atoms with Gasteiger partial charge in [-0.05, 0) is 43.5 Å². The number of imidazole rings is 1. The monoisotopic (exact) mass is 405 g/mol. The molecule has 5 rings (SSSR count). The predicted molar refractivity (Wildman–Crippen MR) is 95.9 cm³/mol. The molecule has 0 saturated carbocycles. The lowest BCUT2D eigenvalue weighted by atomic mass is 9.86. The summed E-state index contributed by atoms with van der Waals surface area (Å²) in [6, 6.07) is 1.81. The Hall–Kier alpha value is -3.12. The SMILES string of the molecule is CC(C)(O)C#Cc1cc2c(cc1F)C1=CC(C1)n1c-2nc(C(N)=O)c1C(F)(F)F. The smallest absolute Gasteiger partial charge is 0.378 e. The van der Waals surface area contributed by atoms with Crippen molar-refractivity contribution in [3.05, 3.63) is 46.5 Å². The zero-order chi connectivity index (χ0) is 21.3. The molecule has 0 saturated heterocycles. The maximum Gasteiger partial charge on any atom is 0.433 e. The van der Waals surface area contributed by atoms with Crippen LogP contribution in [0.15, 0.2) is 18.2 Å². The number of rotatable bonds is 1. The van der Waals surface area contributed by atoms with Crippen LogP contribution >= 0.6 is 0 Å². The maximum atomic E-state index is 14.6. The van der Waals surface area contributed by atoms with Gasteiger partial charge in [0.25, 0.3) is 5.91 Å². The number of aliphatic hydroxyl groups is 1. The molecule has 1 unspecified atom stereocenters. The largest absolute Gasteiger partial charge is 0.433 e. The van der Waals surface area contributed by atoms with Crippen LogP contribution in [-0.4, -0.2) is 26.2 Å². The molecule has 29 heavy (non-hydrogen) atoms. The number of hydrogen-bond acceptors (Lipinski definition) is 3. The predicted octanol–water partition coefficient (Wildman–Crippen LogP) is 3.27. The van der Waals surface area contributed by atoms with Crippen LogP contribution in [0.3, 0.4) is 0 Å². The number of halogens is 4. The fraction of sp³-hybridized carbons (Fsp3) is 0.300. The van der Waals surface area contributed by atoms with Crippen molar-refractivity contribution in [2.24, 2.45) is 5.73 Å². The first-order valence-electron chi connectivity index (χ1n) is 8.66. The molecule has 3 N–H and O–H groups in total. The number of hydrogen-bond donors (Lipinski definition) is 2. The van der Waals surface area contributed by atoms with Crippen LogP contribution in [0, 0.1) is 17.7 Å². The topological polar surface area (TPSA) is 81.1 Å². The number of amides is 1. The third kappa shape index (κ3) is 3.09. The molecule has 2 aromatic rings. The van der Waals surface area contributed by atoms with Crippen LogP contribution in [0.2, 0.25) is 0 Å². The number of carbonyl (C=O) groups excluding carboxylic acids is 1. The lowest BCUT2D eigenvalue weighted by Crippen LogP contribution is -2.24. The molecule has 9 heteroatoms. The summed E-state index contributed by atoms with van der Waals surface area (Å²) in [5.74, 6) is 2.89. The Bertz CT molecular complexity index is 1160. The molecule has 5 nitrogen and oxygen atoms in total. The number of allylic oxidation sites excluding steroid dienone is 2. The van der Waals surface area contributed by atoms with Gasteiger partial charge in [0.15, 0.2) is 11.4 Å². The van der Waals surface area contributed by atoms with Crippen LogP contribution in [0.4, 0.5) is 17.6 Å².